The van der Waals surface area contributed by atoms with Gasteiger partial charge < -0.3 is 10.0 Å². The van der Waals surface area contributed by atoms with Gasteiger partial charge in [0.1, 0.15) is 6.04 Å². The summed E-state index contributed by atoms with van der Waals surface area (Å²) in [5.74, 6) is -0.855. The third kappa shape index (κ3) is 5.49. The van der Waals surface area contributed by atoms with E-state index in [1.54, 1.807) is 11.9 Å². The van der Waals surface area contributed by atoms with Crippen LogP contribution in [0.25, 0.3) is 0 Å². The molecular formula is C13H26N2O3. The molecule has 0 aliphatic rings. The van der Waals surface area contributed by atoms with Gasteiger partial charge in [-0.05, 0) is 26.3 Å². The summed E-state index contributed by atoms with van der Waals surface area (Å²) >= 11 is 0. The highest BCUT2D eigenvalue weighted by molar-refractivity contribution is 5.80. The van der Waals surface area contributed by atoms with Gasteiger partial charge in [0.05, 0.1) is 6.54 Å². The number of carbonyl (C=O) groups excluding carboxylic acids is 1. The second-order valence-electron chi connectivity index (χ2n) is 4.56. The van der Waals surface area contributed by atoms with E-state index in [-0.39, 0.29) is 12.5 Å². The van der Waals surface area contributed by atoms with E-state index in [0.717, 1.165) is 25.9 Å². The SMILES string of the molecule is CCCN(CCC)C(=O)CN(C)C(CC)C(=O)O. The van der Waals surface area contributed by atoms with Crippen LogP contribution in [0.15, 0.2) is 0 Å². The van der Waals surface area contributed by atoms with Crippen molar-refractivity contribution in [1.82, 2.24) is 9.80 Å². The Labute approximate surface area is 110 Å². The van der Waals surface area contributed by atoms with Crippen molar-refractivity contribution in [3.05, 3.63) is 0 Å². The zero-order valence-corrected chi connectivity index (χ0v) is 12.0. The number of rotatable bonds is 9. The lowest BCUT2D eigenvalue weighted by molar-refractivity contribution is -0.144. The van der Waals surface area contributed by atoms with E-state index in [0.29, 0.717) is 6.42 Å². The minimum Gasteiger partial charge on any atom is -0.480 e. The Kier molecular flexibility index (Phi) is 8.37. The number of carboxylic acids is 1. The first-order valence-electron chi connectivity index (χ1n) is 6.68. The van der Waals surface area contributed by atoms with Gasteiger partial charge in [-0.2, -0.15) is 0 Å². The summed E-state index contributed by atoms with van der Waals surface area (Å²) < 4.78 is 0. The summed E-state index contributed by atoms with van der Waals surface area (Å²) in [4.78, 5) is 26.5. The molecule has 0 radical (unpaired) electrons. The third-order valence-electron chi connectivity index (χ3n) is 2.93. The molecule has 0 heterocycles. The van der Waals surface area contributed by atoms with Crippen LogP contribution in [0.5, 0.6) is 0 Å². The van der Waals surface area contributed by atoms with Crippen LogP contribution in [0, 0.1) is 0 Å². The average Bonchev–Trinajstić information content (AvgIpc) is 2.28. The molecular weight excluding hydrogens is 232 g/mol. The van der Waals surface area contributed by atoms with Crippen molar-refractivity contribution in [3.8, 4) is 0 Å². The molecule has 1 amide bonds. The van der Waals surface area contributed by atoms with E-state index in [4.69, 9.17) is 5.11 Å². The standard InChI is InChI=1S/C13H26N2O3/c1-5-8-15(9-6-2)12(16)10-14(4)11(7-3)13(17)18/h11H,5-10H2,1-4H3,(H,17,18). The third-order valence-corrected chi connectivity index (χ3v) is 2.93. The Balaban J connectivity index is 4.46. The number of nitrogens with zero attached hydrogens (tertiary/aromatic N) is 2. The summed E-state index contributed by atoms with van der Waals surface area (Å²) in [7, 11) is 1.69. The van der Waals surface area contributed by atoms with Crippen molar-refractivity contribution in [2.24, 2.45) is 0 Å². The molecule has 0 aromatic carbocycles. The van der Waals surface area contributed by atoms with E-state index in [1.165, 1.54) is 0 Å². The molecule has 1 unspecified atom stereocenters. The number of carbonyl (C=O) groups is 2. The van der Waals surface area contributed by atoms with Crippen molar-refractivity contribution >= 4 is 11.9 Å². The van der Waals surface area contributed by atoms with Crippen molar-refractivity contribution in [3.63, 3.8) is 0 Å². The van der Waals surface area contributed by atoms with Gasteiger partial charge in [-0.15, -0.1) is 0 Å². The van der Waals surface area contributed by atoms with E-state index >= 15 is 0 Å². The van der Waals surface area contributed by atoms with Crippen molar-refractivity contribution in [2.75, 3.05) is 26.7 Å². The number of aliphatic carboxylic acids is 1. The molecule has 5 heteroatoms. The fourth-order valence-corrected chi connectivity index (χ4v) is 2.00. The lowest BCUT2D eigenvalue weighted by Gasteiger charge is -2.27. The molecule has 1 atom stereocenters. The lowest BCUT2D eigenvalue weighted by atomic mass is 10.2. The summed E-state index contributed by atoms with van der Waals surface area (Å²) in [6, 6.07) is -0.584. The van der Waals surface area contributed by atoms with Gasteiger partial charge in [-0.25, -0.2) is 0 Å². The first kappa shape index (κ1) is 16.9. The summed E-state index contributed by atoms with van der Waals surface area (Å²) in [6.45, 7) is 7.53. The molecule has 0 bridgehead atoms. The van der Waals surface area contributed by atoms with Crippen LogP contribution in [0.1, 0.15) is 40.0 Å². The quantitative estimate of drug-likeness (QED) is 0.679. The molecule has 0 aliphatic carbocycles. The molecule has 0 fully saturated rings. The minimum absolute atomic E-state index is 0.0147. The van der Waals surface area contributed by atoms with Crippen LogP contribution in [-0.4, -0.2) is 59.5 Å². The normalized spacial score (nSPS) is 12.5. The van der Waals surface area contributed by atoms with Gasteiger partial charge in [0.15, 0.2) is 0 Å². The Morgan fingerprint density at radius 1 is 1.11 bits per heavy atom. The molecule has 0 aliphatic heterocycles. The van der Waals surface area contributed by atoms with Gasteiger partial charge in [0.2, 0.25) is 5.91 Å². The monoisotopic (exact) mass is 258 g/mol. The largest absolute Gasteiger partial charge is 0.480 e. The summed E-state index contributed by atoms with van der Waals surface area (Å²) in [5.41, 5.74) is 0. The maximum absolute atomic E-state index is 12.1. The molecule has 106 valence electrons. The molecule has 0 aromatic heterocycles. The predicted octanol–water partition coefficient (Wildman–Crippen LogP) is 1.43. The van der Waals surface area contributed by atoms with E-state index < -0.39 is 12.0 Å². The zero-order chi connectivity index (χ0) is 14.1. The second-order valence-corrected chi connectivity index (χ2v) is 4.56. The number of hydrogen-bond acceptors (Lipinski definition) is 3. The van der Waals surface area contributed by atoms with Gasteiger partial charge in [-0.3, -0.25) is 14.5 Å². The van der Waals surface area contributed by atoms with Gasteiger partial charge >= 0.3 is 5.97 Å². The molecule has 1 N–H and O–H groups in total. The molecule has 0 rings (SSSR count). The Hall–Kier alpha value is -1.10. The maximum atomic E-state index is 12.1. The molecule has 0 saturated heterocycles. The van der Waals surface area contributed by atoms with Crippen LogP contribution in [0.2, 0.25) is 0 Å². The Bertz CT molecular complexity index is 263. The fourth-order valence-electron chi connectivity index (χ4n) is 2.00. The lowest BCUT2D eigenvalue weighted by Crippen LogP contribution is -2.45. The fraction of sp³-hybridized carbons (Fsp3) is 0.846. The average molecular weight is 258 g/mol. The molecule has 5 nitrogen and oxygen atoms in total. The molecule has 0 spiro atoms. The second kappa shape index (κ2) is 8.91. The van der Waals surface area contributed by atoms with E-state index in [9.17, 15) is 9.59 Å². The smallest absolute Gasteiger partial charge is 0.320 e. The van der Waals surface area contributed by atoms with Crippen molar-refractivity contribution < 1.29 is 14.7 Å². The number of likely N-dealkylation sites (N-methyl/N-ethyl adjacent to an activating group) is 1. The highest BCUT2D eigenvalue weighted by Gasteiger charge is 2.23. The van der Waals surface area contributed by atoms with Gasteiger partial charge in [-0.1, -0.05) is 20.8 Å². The van der Waals surface area contributed by atoms with Crippen LogP contribution in [0.4, 0.5) is 0 Å². The van der Waals surface area contributed by atoms with Crippen LogP contribution < -0.4 is 0 Å². The number of amides is 1. The highest BCUT2D eigenvalue weighted by Crippen LogP contribution is 2.04. The Morgan fingerprint density at radius 3 is 1.94 bits per heavy atom. The Morgan fingerprint density at radius 2 is 1.61 bits per heavy atom. The van der Waals surface area contributed by atoms with Gasteiger partial charge in [0.25, 0.3) is 0 Å². The molecule has 0 aromatic rings. The first-order chi connectivity index (χ1) is 8.47. The van der Waals surface area contributed by atoms with E-state index in [1.807, 2.05) is 25.7 Å². The van der Waals surface area contributed by atoms with Crippen LogP contribution in [-0.2, 0) is 9.59 Å². The van der Waals surface area contributed by atoms with Crippen molar-refractivity contribution in [2.45, 2.75) is 46.1 Å². The molecule has 0 saturated carbocycles. The number of carboxylic acid groups (broad SMARTS) is 1. The summed E-state index contributed by atoms with van der Waals surface area (Å²) in [6.07, 6.45) is 2.35. The van der Waals surface area contributed by atoms with Crippen LogP contribution >= 0.6 is 0 Å². The first-order valence-corrected chi connectivity index (χ1v) is 6.68. The van der Waals surface area contributed by atoms with E-state index in [2.05, 4.69) is 0 Å². The maximum Gasteiger partial charge on any atom is 0.320 e. The number of hydrogen-bond donors (Lipinski definition) is 1. The van der Waals surface area contributed by atoms with Crippen molar-refractivity contribution in [1.29, 1.82) is 0 Å². The van der Waals surface area contributed by atoms with Crippen LogP contribution in [0.3, 0.4) is 0 Å². The van der Waals surface area contributed by atoms with Gasteiger partial charge in [0, 0.05) is 13.1 Å². The predicted molar refractivity (Wildman–Crippen MR) is 71.5 cm³/mol. The minimum atomic E-state index is -0.870. The molecule has 18 heavy (non-hydrogen) atoms. The topological polar surface area (TPSA) is 60.9 Å². The summed E-state index contributed by atoms with van der Waals surface area (Å²) in [5, 5.41) is 9.04. The highest BCUT2D eigenvalue weighted by atomic mass is 16.4. The zero-order valence-electron chi connectivity index (χ0n) is 12.0.